The van der Waals surface area contributed by atoms with Crippen LogP contribution in [0.15, 0.2) is 53.7 Å². The molecule has 4 heterocycles. The van der Waals surface area contributed by atoms with E-state index in [4.69, 9.17) is 15.1 Å². The molecule has 4 aromatic heterocycles. The number of fused-ring (bicyclic) bond motifs is 1. The van der Waals surface area contributed by atoms with E-state index in [0.717, 1.165) is 33.8 Å². The molecule has 0 saturated heterocycles. The highest BCUT2D eigenvalue weighted by atomic mass is 16.3. The van der Waals surface area contributed by atoms with Gasteiger partial charge in [0.05, 0.1) is 12.0 Å². The molecule has 0 radical (unpaired) electrons. The van der Waals surface area contributed by atoms with Crippen molar-refractivity contribution in [2.45, 2.75) is 6.92 Å². The predicted molar refractivity (Wildman–Crippen MR) is 83.1 cm³/mol. The SMILES string of the molecule is Cc1occc1-c1cn2c(N)ncc(-c3ccncc3)c2n1. The molecule has 0 amide bonds. The van der Waals surface area contributed by atoms with Crippen LogP contribution < -0.4 is 5.73 Å². The number of nitrogens with zero attached hydrogens (tertiary/aromatic N) is 4. The maximum atomic E-state index is 5.98. The fraction of sp³-hybridized carbons (Fsp3) is 0.0625. The Morgan fingerprint density at radius 3 is 2.68 bits per heavy atom. The zero-order valence-electron chi connectivity index (χ0n) is 11.9. The number of nitrogens with two attached hydrogens (primary N) is 1. The highest BCUT2D eigenvalue weighted by Gasteiger charge is 2.14. The van der Waals surface area contributed by atoms with Crippen LogP contribution in [-0.4, -0.2) is 19.4 Å². The van der Waals surface area contributed by atoms with E-state index in [9.17, 15) is 0 Å². The maximum absolute atomic E-state index is 5.98. The molecule has 0 unspecified atom stereocenters. The Balaban J connectivity index is 1.99. The minimum atomic E-state index is 0.396. The number of aromatic nitrogens is 4. The van der Waals surface area contributed by atoms with E-state index in [2.05, 4.69) is 9.97 Å². The van der Waals surface area contributed by atoms with Crippen molar-refractivity contribution in [1.82, 2.24) is 19.4 Å². The van der Waals surface area contributed by atoms with E-state index in [-0.39, 0.29) is 0 Å². The molecular formula is C16H13N5O. The molecular weight excluding hydrogens is 278 g/mol. The van der Waals surface area contributed by atoms with Crippen molar-refractivity contribution in [3.8, 4) is 22.4 Å². The number of aryl methyl sites for hydroxylation is 1. The Kier molecular flexibility index (Phi) is 2.69. The average molecular weight is 291 g/mol. The molecule has 2 N–H and O–H groups in total. The number of anilines is 1. The van der Waals surface area contributed by atoms with Gasteiger partial charge in [-0.1, -0.05) is 0 Å². The average Bonchev–Trinajstić information content (AvgIpc) is 3.15. The van der Waals surface area contributed by atoms with Gasteiger partial charge in [-0.25, -0.2) is 9.97 Å². The van der Waals surface area contributed by atoms with Crippen LogP contribution in [-0.2, 0) is 0 Å². The van der Waals surface area contributed by atoms with Gasteiger partial charge in [0.25, 0.3) is 0 Å². The van der Waals surface area contributed by atoms with Gasteiger partial charge in [0, 0.05) is 35.9 Å². The van der Waals surface area contributed by atoms with E-state index < -0.39 is 0 Å². The topological polar surface area (TPSA) is 82.2 Å². The minimum Gasteiger partial charge on any atom is -0.469 e. The third kappa shape index (κ3) is 1.85. The number of rotatable bonds is 2. The molecule has 108 valence electrons. The highest BCUT2D eigenvalue weighted by molar-refractivity contribution is 5.80. The van der Waals surface area contributed by atoms with Crippen LogP contribution in [0.25, 0.3) is 28.0 Å². The van der Waals surface area contributed by atoms with E-state index in [1.165, 1.54) is 0 Å². The van der Waals surface area contributed by atoms with Crippen molar-refractivity contribution in [3.63, 3.8) is 0 Å². The zero-order valence-corrected chi connectivity index (χ0v) is 11.9. The minimum absolute atomic E-state index is 0.396. The lowest BCUT2D eigenvalue weighted by molar-refractivity contribution is 0.535. The molecule has 0 aliphatic carbocycles. The first-order valence-corrected chi connectivity index (χ1v) is 6.82. The number of pyridine rings is 1. The summed E-state index contributed by atoms with van der Waals surface area (Å²) in [7, 11) is 0. The van der Waals surface area contributed by atoms with E-state index in [1.54, 1.807) is 29.3 Å². The number of nitrogen functional groups attached to an aromatic ring is 1. The van der Waals surface area contributed by atoms with Crippen molar-refractivity contribution < 1.29 is 4.42 Å². The van der Waals surface area contributed by atoms with E-state index in [0.29, 0.717) is 5.95 Å². The summed E-state index contributed by atoms with van der Waals surface area (Å²) in [5.41, 5.74) is 10.4. The Bertz CT molecular complexity index is 955. The van der Waals surface area contributed by atoms with Crippen molar-refractivity contribution >= 4 is 11.6 Å². The van der Waals surface area contributed by atoms with Crippen LogP contribution in [0.5, 0.6) is 0 Å². The fourth-order valence-corrected chi connectivity index (χ4v) is 2.51. The predicted octanol–water partition coefficient (Wildman–Crippen LogP) is 2.94. The monoisotopic (exact) mass is 291 g/mol. The Morgan fingerprint density at radius 1 is 1.14 bits per heavy atom. The lowest BCUT2D eigenvalue weighted by atomic mass is 10.1. The van der Waals surface area contributed by atoms with Gasteiger partial charge in [-0.2, -0.15) is 0 Å². The van der Waals surface area contributed by atoms with Crippen LogP contribution in [0.3, 0.4) is 0 Å². The van der Waals surface area contributed by atoms with Crippen LogP contribution in [0, 0.1) is 6.92 Å². The van der Waals surface area contributed by atoms with E-state index >= 15 is 0 Å². The summed E-state index contributed by atoms with van der Waals surface area (Å²) < 4.78 is 7.14. The quantitative estimate of drug-likeness (QED) is 0.614. The molecule has 4 rings (SSSR count). The zero-order chi connectivity index (χ0) is 15.1. The van der Waals surface area contributed by atoms with Crippen molar-refractivity contribution in [3.05, 3.63) is 55.0 Å². The van der Waals surface area contributed by atoms with Crippen LogP contribution >= 0.6 is 0 Å². The number of furan rings is 1. The molecule has 6 nitrogen and oxygen atoms in total. The first-order chi connectivity index (χ1) is 10.7. The van der Waals surface area contributed by atoms with Gasteiger partial charge in [-0.3, -0.25) is 9.38 Å². The molecule has 6 heteroatoms. The Labute approximate surface area is 126 Å². The molecule has 0 spiro atoms. The molecule has 4 aromatic rings. The van der Waals surface area contributed by atoms with Gasteiger partial charge < -0.3 is 10.2 Å². The Morgan fingerprint density at radius 2 is 1.95 bits per heavy atom. The van der Waals surface area contributed by atoms with Crippen LogP contribution in [0.4, 0.5) is 5.95 Å². The Hall–Kier alpha value is -3.15. The standard InChI is InChI=1S/C16H13N5O/c1-10-12(4-7-22-10)14-9-21-15(20-14)13(8-19-16(21)17)11-2-5-18-6-3-11/h2-9H,1H3,(H2,17,19). The molecule has 0 atom stereocenters. The summed E-state index contributed by atoms with van der Waals surface area (Å²) in [5, 5.41) is 0. The molecule has 0 bridgehead atoms. The van der Waals surface area contributed by atoms with Gasteiger partial charge in [-0.15, -0.1) is 0 Å². The number of hydrogen-bond donors (Lipinski definition) is 1. The van der Waals surface area contributed by atoms with Crippen molar-refractivity contribution in [1.29, 1.82) is 0 Å². The molecule has 22 heavy (non-hydrogen) atoms. The summed E-state index contributed by atoms with van der Waals surface area (Å²) >= 11 is 0. The molecule has 0 aliphatic heterocycles. The number of hydrogen-bond acceptors (Lipinski definition) is 5. The van der Waals surface area contributed by atoms with Crippen molar-refractivity contribution in [2.75, 3.05) is 5.73 Å². The second-order valence-electron chi connectivity index (χ2n) is 4.98. The lowest BCUT2D eigenvalue weighted by Gasteiger charge is -2.04. The second kappa shape index (κ2) is 4.70. The smallest absolute Gasteiger partial charge is 0.206 e. The fourth-order valence-electron chi connectivity index (χ4n) is 2.51. The third-order valence-electron chi connectivity index (χ3n) is 3.65. The molecule has 0 aliphatic rings. The van der Waals surface area contributed by atoms with Gasteiger partial charge in [0.1, 0.15) is 11.4 Å². The maximum Gasteiger partial charge on any atom is 0.206 e. The molecule has 0 fully saturated rings. The summed E-state index contributed by atoms with van der Waals surface area (Å²) in [4.78, 5) is 13.0. The first kappa shape index (κ1) is 12.6. The normalized spacial score (nSPS) is 11.1. The third-order valence-corrected chi connectivity index (χ3v) is 3.65. The number of imidazole rings is 1. The largest absolute Gasteiger partial charge is 0.469 e. The summed E-state index contributed by atoms with van der Waals surface area (Å²) in [6.45, 7) is 1.91. The summed E-state index contributed by atoms with van der Waals surface area (Å²) in [6.07, 6.45) is 8.75. The molecule has 0 saturated carbocycles. The lowest BCUT2D eigenvalue weighted by Crippen LogP contribution is -2.00. The highest BCUT2D eigenvalue weighted by Crippen LogP contribution is 2.29. The molecule has 0 aromatic carbocycles. The first-order valence-electron chi connectivity index (χ1n) is 6.82. The summed E-state index contributed by atoms with van der Waals surface area (Å²) in [5.74, 6) is 1.22. The van der Waals surface area contributed by atoms with Gasteiger partial charge >= 0.3 is 0 Å². The van der Waals surface area contributed by atoms with Crippen LogP contribution in [0.2, 0.25) is 0 Å². The second-order valence-corrected chi connectivity index (χ2v) is 4.98. The van der Waals surface area contributed by atoms with Crippen molar-refractivity contribution in [2.24, 2.45) is 0 Å². The summed E-state index contributed by atoms with van der Waals surface area (Å²) in [6, 6.07) is 5.74. The van der Waals surface area contributed by atoms with E-state index in [1.807, 2.05) is 31.3 Å². The van der Waals surface area contributed by atoms with Crippen LogP contribution in [0.1, 0.15) is 5.76 Å². The van der Waals surface area contributed by atoms with Gasteiger partial charge in [-0.05, 0) is 30.7 Å². The van der Waals surface area contributed by atoms with Gasteiger partial charge in [0.15, 0.2) is 0 Å². The van der Waals surface area contributed by atoms with Gasteiger partial charge in [0.2, 0.25) is 5.95 Å².